The summed E-state index contributed by atoms with van der Waals surface area (Å²) in [5, 5.41) is 6.82. The maximum atomic E-state index is 5.91. The van der Waals surface area contributed by atoms with Gasteiger partial charge in [0.05, 0.1) is 12.2 Å². The molecule has 2 aromatic heterocycles. The predicted octanol–water partition coefficient (Wildman–Crippen LogP) is 2.45. The third-order valence-corrected chi connectivity index (χ3v) is 4.61. The number of anilines is 2. The normalized spacial score (nSPS) is 12.9. The molecule has 0 radical (unpaired) electrons. The molecule has 4 N–H and O–H groups in total. The predicted molar refractivity (Wildman–Crippen MR) is 116 cm³/mol. The highest BCUT2D eigenvalue weighted by atomic mass is 35.5. The maximum absolute atomic E-state index is 5.91. The summed E-state index contributed by atoms with van der Waals surface area (Å²) in [5.41, 5.74) is 9.36. The van der Waals surface area contributed by atoms with Crippen molar-refractivity contribution in [1.82, 2.24) is 24.8 Å². The molecule has 1 aliphatic heterocycles. The standard InChI is InChI=1S/C19H23N7.2ClH/c20-19-24-16-7-9-21-8-6-15(16)18(25-19)23-12-17-22-10-11-26(17)13-14-4-2-1-3-5-14;;/h1-5,10-11,21H,6-9,12-13H2,(H3,20,23,24,25);2*1H. The summed E-state index contributed by atoms with van der Waals surface area (Å²) < 4.78 is 2.15. The number of imidazole rings is 1. The third kappa shape index (κ3) is 5.13. The summed E-state index contributed by atoms with van der Waals surface area (Å²) in [5.74, 6) is 2.11. The fourth-order valence-electron chi connectivity index (χ4n) is 3.30. The van der Waals surface area contributed by atoms with Crippen LogP contribution in [0.1, 0.15) is 22.6 Å². The third-order valence-electron chi connectivity index (χ3n) is 4.61. The molecule has 150 valence electrons. The number of benzene rings is 1. The van der Waals surface area contributed by atoms with E-state index in [-0.39, 0.29) is 24.8 Å². The smallest absolute Gasteiger partial charge is 0.222 e. The second-order valence-corrected chi connectivity index (χ2v) is 6.42. The Balaban J connectivity index is 0.00000140. The minimum Gasteiger partial charge on any atom is -0.368 e. The summed E-state index contributed by atoms with van der Waals surface area (Å²) in [7, 11) is 0. The summed E-state index contributed by atoms with van der Waals surface area (Å²) >= 11 is 0. The zero-order chi connectivity index (χ0) is 17.8. The Hall–Kier alpha value is -2.35. The van der Waals surface area contributed by atoms with Gasteiger partial charge in [0, 0.05) is 37.5 Å². The fraction of sp³-hybridized carbons (Fsp3) is 0.316. The first-order valence-electron chi connectivity index (χ1n) is 8.93. The number of hydrogen-bond donors (Lipinski definition) is 3. The lowest BCUT2D eigenvalue weighted by Crippen LogP contribution is -2.16. The Kier molecular flexibility index (Phi) is 8.04. The van der Waals surface area contributed by atoms with Gasteiger partial charge >= 0.3 is 0 Å². The lowest BCUT2D eigenvalue weighted by atomic mass is 10.1. The lowest BCUT2D eigenvalue weighted by Gasteiger charge is -2.14. The summed E-state index contributed by atoms with van der Waals surface area (Å²) in [6, 6.07) is 10.4. The van der Waals surface area contributed by atoms with Gasteiger partial charge in [-0.3, -0.25) is 0 Å². The molecule has 0 saturated heterocycles. The molecular weight excluding hydrogens is 397 g/mol. The van der Waals surface area contributed by atoms with E-state index in [4.69, 9.17) is 5.73 Å². The lowest BCUT2D eigenvalue weighted by molar-refractivity contribution is 0.708. The van der Waals surface area contributed by atoms with E-state index in [2.05, 4.69) is 54.4 Å². The second-order valence-electron chi connectivity index (χ2n) is 6.42. The van der Waals surface area contributed by atoms with Crippen LogP contribution in [0.25, 0.3) is 0 Å². The average molecular weight is 422 g/mol. The highest BCUT2D eigenvalue weighted by Crippen LogP contribution is 2.21. The van der Waals surface area contributed by atoms with Gasteiger partial charge in [0.1, 0.15) is 11.6 Å². The van der Waals surface area contributed by atoms with Crippen LogP contribution in [0.15, 0.2) is 42.7 Å². The molecule has 4 rings (SSSR count). The number of fused-ring (bicyclic) bond motifs is 1. The van der Waals surface area contributed by atoms with Gasteiger partial charge in [0.25, 0.3) is 0 Å². The second kappa shape index (κ2) is 10.3. The Morgan fingerprint density at radius 2 is 1.86 bits per heavy atom. The molecule has 3 heterocycles. The van der Waals surface area contributed by atoms with E-state index in [0.717, 1.165) is 55.4 Å². The van der Waals surface area contributed by atoms with E-state index >= 15 is 0 Å². The van der Waals surface area contributed by atoms with E-state index in [1.165, 1.54) is 5.56 Å². The Morgan fingerprint density at radius 1 is 1.07 bits per heavy atom. The Labute approximate surface area is 177 Å². The maximum Gasteiger partial charge on any atom is 0.222 e. The number of nitrogens with zero attached hydrogens (tertiary/aromatic N) is 4. The van der Waals surface area contributed by atoms with Gasteiger partial charge in [-0.2, -0.15) is 4.98 Å². The number of aromatic nitrogens is 4. The Morgan fingerprint density at radius 3 is 2.68 bits per heavy atom. The molecule has 0 amide bonds. The van der Waals surface area contributed by atoms with E-state index in [9.17, 15) is 0 Å². The molecule has 9 heteroatoms. The first-order chi connectivity index (χ1) is 12.8. The zero-order valence-corrected chi connectivity index (χ0v) is 17.1. The van der Waals surface area contributed by atoms with Crippen molar-refractivity contribution in [3.63, 3.8) is 0 Å². The van der Waals surface area contributed by atoms with Gasteiger partial charge in [0.15, 0.2) is 0 Å². The van der Waals surface area contributed by atoms with Crippen LogP contribution in [0.4, 0.5) is 11.8 Å². The first-order valence-corrected chi connectivity index (χ1v) is 8.93. The van der Waals surface area contributed by atoms with Gasteiger partial charge in [0.2, 0.25) is 5.95 Å². The molecule has 0 saturated carbocycles. The summed E-state index contributed by atoms with van der Waals surface area (Å²) in [6.45, 7) is 3.24. The Bertz CT molecular complexity index is 883. The largest absolute Gasteiger partial charge is 0.368 e. The zero-order valence-electron chi connectivity index (χ0n) is 15.5. The fourth-order valence-corrected chi connectivity index (χ4v) is 3.30. The van der Waals surface area contributed by atoms with Gasteiger partial charge in [-0.1, -0.05) is 30.3 Å². The van der Waals surface area contributed by atoms with Gasteiger partial charge in [-0.25, -0.2) is 9.97 Å². The number of nitrogens with one attached hydrogen (secondary N) is 2. The number of hydrogen-bond acceptors (Lipinski definition) is 6. The van der Waals surface area contributed by atoms with Crippen molar-refractivity contribution in [3.05, 3.63) is 65.4 Å². The molecule has 0 aliphatic carbocycles. The van der Waals surface area contributed by atoms with Crippen molar-refractivity contribution < 1.29 is 0 Å². The number of nitrogens with two attached hydrogens (primary N) is 1. The van der Waals surface area contributed by atoms with Crippen LogP contribution in [0.2, 0.25) is 0 Å². The van der Waals surface area contributed by atoms with Crippen molar-refractivity contribution in [3.8, 4) is 0 Å². The SMILES string of the molecule is Cl.Cl.Nc1nc2c(c(NCc3nccn3Cc3ccccc3)n1)CCNCC2. The molecule has 0 fully saturated rings. The molecular formula is C19H25Cl2N7. The van der Waals surface area contributed by atoms with E-state index in [1.807, 2.05) is 18.5 Å². The van der Waals surface area contributed by atoms with Crippen LogP contribution in [0.5, 0.6) is 0 Å². The van der Waals surface area contributed by atoms with Crippen LogP contribution in [-0.4, -0.2) is 32.6 Å². The van der Waals surface area contributed by atoms with E-state index in [0.29, 0.717) is 12.5 Å². The molecule has 0 bridgehead atoms. The van der Waals surface area contributed by atoms with Crippen LogP contribution in [0, 0.1) is 0 Å². The first kappa shape index (κ1) is 21.9. The van der Waals surface area contributed by atoms with Gasteiger partial charge in [-0.15, -0.1) is 24.8 Å². The van der Waals surface area contributed by atoms with Crippen molar-refractivity contribution in [2.45, 2.75) is 25.9 Å². The van der Waals surface area contributed by atoms with Crippen molar-refractivity contribution in [2.75, 3.05) is 24.1 Å². The molecule has 3 aromatic rings. The van der Waals surface area contributed by atoms with Crippen LogP contribution in [-0.2, 0) is 25.9 Å². The number of nitrogen functional groups attached to an aromatic ring is 1. The van der Waals surface area contributed by atoms with Crippen molar-refractivity contribution >= 4 is 36.6 Å². The van der Waals surface area contributed by atoms with Crippen LogP contribution >= 0.6 is 24.8 Å². The number of halogens is 2. The molecule has 1 aromatic carbocycles. The highest BCUT2D eigenvalue weighted by Gasteiger charge is 2.16. The van der Waals surface area contributed by atoms with Crippen molar-refractivity contribution in [1.29, 1.82) is 0 Å². The summed E-state index contributed by atoms with van der Waals surface area (Å²) in [6.07, 6.45) is 5.61. The quantitative estimate of drug-likeness (QED) is 0.585. The minimum absolute atomic E-state index is 0. The average Bonchev–Trinajstić information content (AvgIpc) is 2.94. The minimum atomic E-state index is 0. The van der Waals surface area contributed by atoms with Gasteiger partial charge in [-0.05, 0) is 18.5 Å². The molecule has 0 spiro atoms. The van der Waals surface area contributed by atoms with Crippen LogP contribution in [0.3, 0.4) is 0 Å². The number of rotatable bonds is 5. The van der Waals surface area contributed by atoms with Crippen molar-refractivity contribution in [2.24, 2.45) is 0 Å². The highest BCUT2D eigenvalue weighted by molar-refractivity contribution is 5.85. The molecule has 7 nitrogen and oxygen atoms in total. The van der Waals surface area contributed by atoms with E-state index in [1.54, 1.807) is 0 Å². The van der Waals surface area contributed by atoms with Gasteiger partial charge < -0.3 is 20.9 Å². The molecule has 28 heavy (non-hydrogen) atoms. The molecule has 1 aliphatic rings. The summed E-state index contributed by atoms with van der Waals surface area (Å²) in [4.78, 5) is 13.3. The molecule has 0 atom stereocenters. The monoisotopic (exact) mass is 421 g/mol. The van der Waals surface area contributed by atoms with E-state index < -0.39 is 0 Å². The molecule has 0 unspecified atom stereocenters. The topological polar surface area (TPSA) is 93.7 Å². The van der Waals surface area contributed by atoms with Crippen LogP contribution < -0.4 is 16.4 Å².